The highest BCUT2D eigenvalue weighted by molar-refractivity contribution is 7.81. The highest BCUT2D eigenvalue weighted by Gasteiger charge is 2.21. The van der Waals surface area contributed by atoms with Gasteiger partial charge in [-0.15, -0.1) is 0 Å². The molecule has 0 amide bonds. The van der Waals surface area contributed by atoms with Crippen LogP contribution >= 0.6 is 0 Å². The van der Waals surface area contributed by atoms with Crippen LogP contribution in [0.1, 0.15) is 6.92 Å². The molecule has 1 heterocycles. The van der Waals surface area contributed by atoms with Crippen molar-refractivity contribution in [3.63, 3.8) is 0 Å². The summed E-state index contributed by atoms with van der Waals surface area (Å²) in [5, 5.41) is 5.32. The minimum Gasteiger partial charge on any atom is -0.225 e. The van der Waals surface area contributed by atoms with Crippen molar-refractivity contribution >= 4 is 16.5 Å². The molecule has 1 rings (SSSR count). The molecule has 0 atom stereocenters. The van der Waals surface area contributed by atoms with Gasteiger partial charge in [0, 0.05) is 6.92 Å². The molecule has 0 saturated carbocycles. The van der Waals surface area contributed by atoms with Crippen molar-refractivity contribution in [3.8, 4) is 0 Å². The second-order valence-electron chi connectivity index (χ2n) is 1.59. The number of allylic oxidation sites excluding steroid dienone is 1. The first-order chi connectivity index (χ1) is 3.29. The third-order valence-corrected chi connectivity index (χ3v) is 1.70. The molecule has 0 aliphatic carbocycles. The van der Waals surface area contributed by atoms with Gasteiger partial charge >= 0.3 is 16.5 Å². The maximum atomic E-state index is 3.76. The van der Waals surface area contributed by atoms with Crippen molar-refractivity contribution in [1.82, 2.24) is 0 Å². The van der Waals surface area contributed by atoms with Crippen LogP contribution < -0.4 is 11.1 Å². The normalized spacial score (nSPS) is 19.1. The van der Waals surface area contributed by atoms with Crippen LogP contribution in [0.4, 0.5) is 0 Å². The van der Waals surface area contributed by atoms with E-state index in [2.05, 4.69) is 23.4 Å². The summed E-state index contributed by atoms with van der Waals surface area (Å²) in [6.07, 6.45) is 0. The predicted molar refractivity (Wildman–Crippen MR) is 30.9 cm³/mol. The molecule has 0 aromatic carbocycles. The van der Waals surface area contributed by atoms with Gasteiger partial charge in [0.25, 0.3) is 5.41 Å². The lowest BCUT2D eigenvalue weighted by molar-refractivity contribution is -0.547. The van der Waals surface area contributed by atoms with E-state index in [0.29, 0.717) is 0 Å². The van der Waals surface area contributed by atoms with Gasteiger partial charge in [0.05, 0.1) is 0 Å². The van der Waals surface area contributed by atoms with Gasteiger partial charge in [-0.1, -0.05) is 0 Å². The molecule has 1 aliphatic heterocycles. The van der Waals surface area contributed by atoms with Gasteiger partial charge in [-0.25, -0.2) is 5.73 Å². The summed E-state index contributed by atoms with van der Waals surface area (Å²) in [5.41, 5.74) is 5.07. The Balaban J connectivity index is 2.61. The number of hydrogen-bond donors (Lipinski definition) is 2. The van der Waals surface area contributed by atoms with E-state index in [1.165, 1.54) is 5.70 Å². The smallest absolute Gasteiger partial charge is 0.225 e. The predicted octanol–water partition coefficient (Wildman–Crippen LogP) is -2.16. The van der Waals surface area contributed by atoms with Crippen molar-refractivity contribution in [2.45, 2.75) is 6.92 Å². The molecule has 0 radical (unpaired) electrons. The van der Waals surface area contributed by atoms with Crippen molar-refractivity contribution in [2.75, 3.05) is 0 Å². The lowest BCUT2D eigenvalue weighted by atomic mass is 10.6. The zero-order valence-electron chi connectivity index (χ0n) is 4.27. The molecular weight excluding hydrogens is 108 g/mol. The summed E-state index contributed by atoms with van der Waals surface area (Å²) in [6.45, 7) is 2.07. The van der Waals surface area contributed by atoms with Crippen LogP contribution in [0.5, 0.6) is 0 Å². The van der Waals surface area contributed by atoms with Gasteiger partial charge in [0.15, 0.2) is 5.70 Å². The summed E-state index contributed by atoms with van der Waals surface area (Å²) in [7, 11) is 0. The van der Waals surface area contributed by atoms with E-state index in [0.717, 1.165) is 5.11 Å². The number of rotatable bonds is 0. The average Bonchev–Trinajstić information content (AvgIpc) is 1.87. The molecule has 5 N–H and O–H groups in total. The van der Waals surface area contributed by atoms with Gasteiger partial charge in [0.2, 0.25) is 0 Å². The standard InChI is InChI=1S/C4H7N2S/c1-3-2-7-4(5)6-3/h2,6H,5H2,1H3/q+1/p+2. The SMILES string of the molecule is CC1=C[S+]=C([NH3+])[NH2+]1. The van der Waals surface area contributed by atoms with Crippen LogP contribution in [0.2, 0.25) is 0 Å². The molecule has 0 aromatic heterocycles. The quantitative estimate of drug-likeness (QED) is 0.268. The molecule has 2 nitrogen and oxygen atoms in total. The molecule has 38 valence electrons. The Hall–Kier alpha value is -0.250. The van der Waals surface area contributed by atoms with E-state index in [1.54, 1.807) is 11.4 Å². The zero-order valence-corrected chi connectivity index (χ0v) is 5.09. The van der Waals surface area contributed by atoms with E-state index in [-0.39, 0.29) is 0 Å². The second kappa shape index (κ2) is 1.69. The molecule has 0 spiro atoms. The van der Waals surface area contributed by atoms with Crippen LogP contribution in [-0.4, -0.2) is 5.11 Å². The molecule has 0 bridgehead atoms. The van der Waals surface area contributed by atoms with Crippen molar-refractivity contribution < 1.29 is 11.1 Å². The Morgan fingerprint density at radius 2 is 2.57 bits per heavy atom. The van der Waals surface area contributed by atoms with E-state index in [4.69, 9.17) is 0 Å². The molecule has 1 aliphatic rings. The van der Waals surface area contributed by atoms with E-state index < -0.39 is 0 Å². The molecule has 7 heavy (non-hydrogen) atoms. The first kappa shape index (κ1) is 4.90. The maximum absolute atomic E-state index is 3.76. The van der Waals surface area contributed by atoms with Gasteiger partial charge in [0.1, 0.15) is 0 Å². The van der Waals surface area contributed by atoms with Crippen LogP contribution in [-0.2, 0) is 11.4 Å². The van der Waals surface area contributed by atoms with Crippen LogP contribution in [0.3, 0.4) is 0 Å². The molecule has 0 unspecified atom stereocenters. The third kappa shape index (κ3) is 1.06. The fraction of sp³-hybridized carbons (Fsp3) is 0.250. The molecule has 0 aromatic rings. The maximum Gasteiger partial charge on any atom is 0.547 e. The van der Waals surface area contributed by atoms with Crippen LogP contribution in [0.15, 0.2) is 11.1 Å². The van der Waals surface area contributed by atoms with Gasteiger partial charge in [-0.2, -0.15) is 5.32 Å². The highest BCUT2D eigenvalue weighted by Crippen LogP contribution is 1.78. The fourth-order valence-corrected chi connectivity index (χ4v) is 1.15. The lowest BCUT2D eigenvalue weighted by Gasteiger charge is -1.73. The van der Waals surface area contributed by atoms with Crippen molar-refractivity contribution in [3.05, 3.63) is 11.1 Å². The molecular formula is C4H9N2S+3. The van der Waals surface area contributed by atoms with Crippen LogP contribution in [0, 0.1) is 0 Å². The molecule has 3 heteroatoms. The highest BCUT2D eigenvalue weighted by atomic mass is 32.1. The Bertz CT molecular complexity index is 121. The number of hydrogen-bond acceptors (Lipinski definition) is 0. The summed E-state index contributed by atoms with van der Waals surface area (Å²) >= 11 is 1.69. The van der Waals surface area contributed by atoms with Crippen molar-refractivity contribution in [2.24, 2.45) is 0 Å². The number of quaternary nitrogens is 2. The minimum atomic E-state index is 1.15. The van der Waals surface area contributed by atoms with E-state index in [9.17, 15) is 0 Å². The average molecular weight is 117 g/mol. The third-order valence-electron chi connectivity index (χ3n) is 0.785. The van der Waals surface area contributed by atoms with Gasteiger partial charge in [-0.3, -0.25) is 0 Å². The summed E-state index contributed by atoms with van der Waals surface area (Å²) in [4.78, 5) is 0. The second-order valence-corrected chi connectivity index (χ2v) is 2.59. The summed E-state index contributed by atoms with van der Waals surface area (Å²) < 4.78 is 0. The number of nitrogens with two attached hydrogens (primary N) is 1. The topological polar surface area (TPSA) is 44.2 Å². The summed E-state index contributed by atoms with van der Waals surface area (Å²) in [5.74, 6) is 0. The Morgan fingerprint density at radius 3 is 2.71 bits per heavy atom. The minimum absolute atomic E-state index is 1.15. The zero-order chi connectivity index (χ0) is 5.28. The van der Waals surface area contributed by atoms with Gasteiger partial charge < -0.3 is 0 Å². The molecule has 0 fully saturated rings. The van der Waals surface area contributed by atoms with Crippen LogP contribution in [0.25, 0.3) is 0 Å². The Labute approximate surface area is 46.4 Å². The first-order valence-corrected chi connectivity index (χ1v) is 3.04. The Morgan fingerprint density at radius 1 is 1.86 bits per heavy atom. The largest absolute Gasteiger partial charge is 0.547 e. The van der Waals surface area contributed by atoms with E-state index >= 15 is 0 Å². The Kier molecular flexibility index (Phi) is 1.19. The monoisotopic (exact) mass is 117 g/mol. The van der Waals surface area contributed by atoms with Gasteiger partial charge in [-0.05, 0) is 0 Å². The lowest BCUT2D eigenvalue weighted by Crippen LogP contribution is -2.96. The first-order valence-electron chi connectivity index (χ1n) is 2.16. The van der Waals surface area contributed by atoms with E-state index in [1.807, 2.05) is 0 Å². The summed E-state index contributed by atoms with van der Waals surface area (Å²) in [6, 6.07) is 0. The molecule has 0 saturated heterocycles. The fourth-order valence-electron chi connectivity index (χ4n) is 0.491. The van der Waals surface area contributed by atoms with Crippen molar-refractivity contribution in [1.29, 1.82) is 0 Å².